The van der Waals surface area contributed by atoms with Gasteiger partial charge in [-0.2, -0.15) is 0 Å². The van der Waals surface area contributed by atoms with Gasteiger partial charge in [-0.1, -0.05) is 35.9 Å². The Kier molecular flexibility index (Phi) is 4.35. The zero-order chi connectivity index (χ0) is 18.1. The summed E-state index contributed by atoms with van der Waals surface area (Å²) in [4.78, 5) is 13.6. The molecule has 2 aromatic carbocycles. The molecule has 0 atom stereocenters. The fourth-order valence-electron chi connectivity index (χ4n) is 2.87. The van der Waals surface area contributed by atoms with Crippen LogP contribution in [-0.2, 0) is 6.61 Å². The van der Waals surface area contributed by atoms with Crippen molar-refractivity contribution < 1.29 is 14.3 Å². The monoisotopic (exact) mass is 362 g/mol. The van der Waals surface area contributed by atoms with E-state index >= 15 is 0 Å². The standard InChI is InChI=1S/C22H18O3S/c1-14-5-7-16(8-6-14)13-24-19-10-9-18-21(23)20(25-22(18)15(19)2)12-17-4-3-11-26-17/h3-12H,13H2,1-2H3/b20-12-. The van der Waals surface area contributed by atoms with Crippen molar-refractivity contribution in [2.45, 2.75) is 20.5 Å². The van der Waals surface area contributed by atoms with Crippen molar-refractivity contribution in [2.24, 2.45) is 0 Å². The Morgan fingerprint density at radius 2 is 1.88 bits per heavy atom. The van der Waals surface area contributed by atoms with Gasteiger partial charge in [-0.3, -0.25) is 4.79 Å². The van der Waals surface area contributed by atoms with Gasteiger partial charge in [0.2, 0.25) is 5.78 Å². The van der Waals surface area contributed by atoms with E-state index in [1.807, 2.05) is 30.5 Å². The van der Waals surface area contributed by atoms with Crippen molar-refractivity contribution in [3.63, 3.8) is 0 Å². The molecule has 26 heavy (non-hydrogen) atoms. The quantitative estimate of drug-likeness (QED) is 0.570. The third-order valence-corrected chi connectivity index (χ3v) is 5.19. The van der Waals surface area contributed by atoms with E-state index in [1.165, 1.54) is 5.56 Å². The highest BCUT2D eigenvalue weighted by molar-refractivity contribution is 7.10. The number of carbonyl (C=O) groups is 1. The molecule has 0 saturated carbocycles. The number of benzene rings is 2. The summed E-state index contributed by atoms with van der Waals surface area (Å²) >= 11 is 1.57. The fourth-order valence-corrected chi connectivity index (χ4v) is 3.52. The molecule has 0 unspecified atom stereocenters. The second-order valence-electron chi connectivity index (χ2n) is 6.29. The average Bonchev–Trinajstić information content (AvgIpc) is 3.26. The summed E-state index contributed by atoms with van der Waals surface area (Å²) in [5.41, 5.74) is 3.76. The molecule has 0 radical (unpaired) electrons. The zero-order valence-corrected chi connectivity index (χ0v) is 15.4. The summed E-state index contributed by atoms with van der Waals surface area (Å²) in [5, 5.41) is 1.97. The number of ether oxygens (including phenoxy) is 2. The average molecular weight is 362 g/mol. The van der Waals surface area contributed by atoms with Gasteiger partial charge in [-0.05, 0) is 43.0 Å². The minimum absolute atomic E-state index is 0.0819. The lowest BCUT2D eigenvalue weighted by molar-refractivity contribution is 0.101. The number of carbonyl (C=O) groups excluding carboxylic acids is 1. The molecule has 4 heteroatoms. The van der Waals surface area contributed by atoms with Gasteiger partial charge < -0.3 is 9.47 Å². The number of Topliss-reactive ketones (excluding diaryl/α,β-unsaturated/α-hetero) is 1. The van der Waals surface area contributed by atoms with Crippen LogP contribution in [0.5, 0.6) is 11.5 Å². The summed E-state index contributed by atoms with van der Waals surface area (Å²) in [7, 11) is 0. The van der Waals surface area contributed by atoms with Gasteiger partial charge in [-0.25, -0.2) is 0 Å². The van der Waals surface area contributed by atoms with Crippen LogP contribution >= 0.6 is 11.3 Å². The molecule has 0 N–H and O–H groups in total. The molecule has 0 bridgehead atoms. The molecule has 1 aromatic heterocycles. The Morgan fingerprint density at radius 1 is 1.08 bits per heavy atom. The van der Waals surface area contributed by atoms with Crippen molar-refractivity contribution in [3.05, 3.63) is 86.8 Å². The summed E-state index contributed by atoms with van der Waals surface area (Å²) in [6, 6.07) is 15.8. The largest absolute Gasteiger partial charge is 0.488 e. The number of ketones is 1. The number of thiophene rings is 1. The van der Waals surface area contributed by atoms with Gasteiger partial charge in [0.15, 0.2) is 5.76 Å². The first kappa shape index (κ1) is 16.6. The maximum Gasteiger partial charge on any atom is 0.232 e. The lowest BCUT2D eigenvalue weighted by atomic mass is 10.1. The molecule has 3 aromatic rings. The third-order valence-electron chi connectivity index (χ3n) is 4.37. The first-order chi connectivity index (χ1) is 12.6. The van der Waals surface area contributed by atoms with Crippen LogP contribution in [-0.4, -0.2) is 5.78 Å². The van der Waals surface area contributed by atoms with Crippen molar-refractivity contribution in [2.75, 3.05) is 0 Å². The smallest absolute Gasteiger partial charge is 0.232 e. The van der Waals surface area contributed by atoms with E-state index in [1.54, 1.807) is 23.5 Å². The number of fused-ring (bicyclic) bond motifs is 1. The Bertz CT molecular complexity index is 983. The van der Waals surface area contributed by atoms with Gasteiger partial charge in [0, 0.05) is 16.5 Å². The minimum Gasteiger partial charge on any atom is -0.488 e. The first-order valence-corrected chi connectivity index (χ1v) is 9.29. The molecule has 130 valence electrons. The minimum atomic E-state index is -0.0819. The summed E-state index contributed by atoms with van der Waals surface area (Å²) in [5.74, 6) is 1.61. The molecule has 0 fully saturated rings. The van der Waals surface area contributed by atoms with Crippen LogP contribution < -0.4 is 9.47 Å². The maximum absolute atomic E-state index is 12.6. The van der Waals surface area contributed by atoms with Crippen LogP contribution in [0, 0.1) is 13.8 Å². The lowest BCUT2D eigenvalue weighted by Gasteiger charge is -2.11. The lowest BCUT2D eigenvalue weighted by Crippen LogP contribution is -1.98. The van der Waals surface area contributed by atoms with E-state index in [4.69, 9.17) is 9.47 Å². The van der Waals surface area contributed by atoms with Crippen molar-refractivity contribution in [1.82, 2.24) is 0 Å². The van der Waals surface area contributed by atoms with E-state index in [-0.39, 0.29) is 5.78 Å². The highest BCUT2D eigenvalue weighted by Crippen LogP contribution is 2.39. The van der Waals surface area contributed by atoms with Crippen LogP contribution in [0.2, 0.25) is 0 Å². The molecular formula is C22H18O3S. The van der Waals surface area contributed by atoms with E-state index < -0.39 is 0 Å². The summed E-state index contributed by atoms with van der Waals surface area (Å²) < 4.78 is 11.8. The Morgan fingerprint density at radius 3 is 2.62 bits per heavy atom. The van der Waals surface area contributed by atoms with Crippen molar-refractivity contribution >= 4 is 23.2 Å². The molecule has 1 aliphatic rings. The van der Waals surface area contributed by atoms with E-state index in [2.05, 4.69) is 31.2 Å². The van der Waals surface area contributed by atoms with Gasteiger partial charge >= 0.3 is 0 Å². The molecule has 0 spiro atoms. The Hall–Kier alpha value is -2.85. The summed E-state index contributed by atoms with van der Waals surface area (Å²) in [6.07, 6.45) is 1.79. The normalized spacial score (nSPS) is 14.4. The fraction of sp³-hybridized carbons (Fsp3) is 0.136. The Labute approximate surface area is 156 Å². The van der Waals surface area contributed by atoms with Crippen LogP contribution in [0.4, 0.5) is 0 Å². The number of aryl methyl sites for hydroxylation is 1. The van der Waals surface area contributed by atoms with Gasteiger partial charge in [0.05, 0.1) is 5.56 Å². The van der Waals surface area contributed by atoms with E-state index in [9.17, 15) is 4.79 Å². The first-order valence-electron chi connectivity index (χ1n) is 8.41. The van der Waals surface area contributed by atoms with Crippen LogP contribution in [0.3, 0.4) is 0 Å². The zero-order valence-electron chi connectivity index (χ0n) is 14.6. The SMILES string of the molecule is Cc1ccc(COc2ccc3c(c2C)O/C(=C\c2cccs2)C3=O)cc1. The molecule has 0 saturated heterocycles. The van der Waals surface area contributed by atoms with Gasteiger partial charge in [0.1, 0.15) is 18.1 Å². The van der Waals surface area contributed by atoms with Crippen LogP contribution in [0.1, 0.15) is 31.9 Å². The van der Waals surface area contributed by atoms with Gasteiger partial charge in [-0.15, -0.1) is 11.3 Å². The Balaban J connectivity index is 1.56. The molecule has 1 aliphatic heterocycles. The number of hydrogen-bond donors (Lipinski definition) is 0. The second kappa shape index (κ2) is 6.81. The van der Waals surface area contributed by atoms with Crippen LogP contribution in [0.15, 0.2) is 59.7 Å². The highest BCUT2D eigenvalue weighted by atomic mass is 32.1. The number of hydrogen-bond acceptors (Lipinski definition) is 4. The summed E-state index contributed by atoms with van der Waals surface area (Å²) in [6.45, 7) is 4.46. The van der Waals surface area contributed by atoms with Crippen molar-refractivity contribution in [1.29, 1.82) is 0 Å². The number of rotatable bonds is 4. The highest BCUT2D eigenvalue weighted by Gasteiger charge is 2.30. The van der Waals surface area contributed by atoms with Crippen LogP contribution in [0.25, 0.3) is 6.08 Å². The predicted molar refractivity (Wildman–Crippen MR) is 104 cm³/mol. The maximum atomic E-state index is 12.6. The molecule has 0 aliphatic carbocycles. The van der Waals surface area contributed by atoms with Gasteiger partial charge in [0.25, 0.3) is 0 Å². The number of allylic oxidation sites excluding steroid dienone is 1. The molecular weight excluding hydrogens is 344 g/mol. The molecule has 3 nitrogen and oxygen atoms in total. The topological polar surface area (TPSA) is 35.5 Å². The molecule has 4 rings (SSSR count). The molecule has 2 heterocycles. The molecule has 0 amide bonds. The second-order valence-corrected chi connectivity index (χ2v) is 7.27. The predicted octanol–water partition coefficient (Wildman–Crippen LogP) is 5.56. The van der Waals surface area contributed by atoms with E-state index in [0.29, 0.717) is 23.7 Å². The third kappa shape index (κ3) is 3.16. The van der Waals surface area contributed by atoms with E-state index in [0.717, 1.165) is 21.8 Å². The van der Waals surface area contributed by atoms with Crippen molar-refractivity contribution in [3.8, 4) is 11.5 Å².